The quantitative estimate of drug-likeness (QED) is 0.205. The second-order valence-electron chi connectivity index (χ2n) is 7.59. The third-order valence-electron chi connectivity index (χ3n) is 5.14. The van der Waals surface area contributed by atoms with E-state index in [4.69, 9.17) is 13.9 Å². The first-order chi connectivity index (χ1) is 16.0. The van der Waals surface area contributed by atoms with Gasteiger partial charge in [-0.25, -0.2) is 4.79 Å². The van der Waals surface area contributed by atoms with Crippen molar-refractivity contribution in [2.75, 3.05) is 6.61 Å². The molecule has 2 aromatic carbocycles. The fraction of sp³-hybridized carbons (Fsp3) is 0.370. The number of aromatic nitrogens is 1. The fourth-order valence-electron chi connectivity index (χ4n) is 3.01. The Morgan fingerprint density at radius 1 is 1.06 bits per heavy atom. The summed E-state index contributed by atoms with van der Waals surface area (Å²) < 4.78 is 16.2. The van der Waals surface area contributed by atoms with Gasteiger partial charge in [-0.1, -0.05) is 57.4 Å². The Hall–Kier alpha value is -3.41. The van der Waals surface area contributed by atoms with Gasteiger partial charge in [0.2, 0.25) is 5.89 Å². The van der Waals surface area contributed by atoms with E-state index >= 15 is 0 Å². The van der Waals surface area contributed by atoms with Gasteiger partial charge in [-0.15, -0.1) is 0 Å². The van der Waals surface area contributed by atoms with Crippen LogP contribution in [-0.4, -0.2) is 17.7 Å². The lowest BCUT2D eigenvalue weighted by atomic mass is 10.0. The predicted octanol–water partition coefficient (Wildman–Crippen LogP) is 7.17. The molecule has 176 valence electrons. The number of benzene rings is 2. The Balaban J connectivity index is 0.000000890. The average Bonchev–Trinajstić information content (AvgIpc) is 2.85. The number of ether oxygens (including phenoxy) is 2. The standard InChI is InChI=1S/C23H25NO5.C4H8/c1-3-5-8-16(4-2)15-27-23(26)28-18-13-11-17(12-14-18)22-24-21(25)19-9-6-7-10-20(19)29-22;1-3-4-2/h6-7,9-14,16H,3-5,8,15H2,1-2H3;3-4H,1-2H3/b;4-3-. The Morgan fingerprint density at radius 3 is 2.39 bits per heavy atom. The number of hydrogen-bond acceptors (Lipinski definition) is 6. The maximum absolute atomic E-state index is 12.1. The summed E-state index contributed by atoms with van der Waals surface area (Å²) in [5.41, 5.74) is 0.735. The SMILES string of the molecule is C/C=C\C.CCCCC(CC)COC(=O)Oc1ccc(-c2nc(=O)c3ccccc3o2)cc1. The first-order valence-corrected chi connectivity index (χ1v) is 11.4. The van der Waals surface area contributed by atoms with Crippen molar-refractivity contribution in [1.29, 1.82) is 0 Å². The number of fused-ring (bicyclic) bond motifs is 1. The lowest BCUT2D eigenvalue weighted by molar-refractivity contribution is 0.0812. The molecule has 0 aliphatic carbocycles. The normalized spacial score (nSPS) is 11.6. The number of allylic oxidation sites excluding steroid dienone is 2. The third-order valence-corrected chi connectivity index (χ3v) is 5.14. The predicted molar refractivity (Wildman–Crippen MR) is 131 cm³/mol. The van der Waals surface area contributed by atoms with Crippen molar-refractivity contribution in [3.8, 4) is 17.2 Å². The molecule has 1 atom stereocenters. The molecule has 0 spiro atoms. The van der Waals surface area contributed by atoms with Crippen LogP contribution < -0.4 is 10.3 Å². The van der Waals surface area contributed by atoms with Gasteiger partial charge in [-0.05, 0) is 62.6 Å². The molecule has 0 aliphatic rings. The highest BCUT2D eigenvalue weighted by Crippen LogP contribution is 2.23. The highest BCUT2D eigenvalue weighted by molar-refractivity contribution is 5.76. The number of carbonyl (C=O) groups is 1. The molecule has 1 heterocycles. The van der Waals surface area contributed by atoms with E-state index in [-0.39, 0.29) is 11.4 Å². The summed E-state index contributed by atoms with van der Waals surface area (Å²) in [7, 11) is 0. The van der Waals surface area contributed by atoms with Crippen LogP contribution >= 0.6 is 0 Å². The second kappa shape index (κ2) is 13.9. The van der Waals surface area contributed by atoms with Gasteiger partial charge in [0.25, 0.3) is 5.56 Å². The van der Waals surface area contributed by atoms with E-state index in [9.17, 15) is 9.59 Å². The van der Waals surface area contributed by atoms with Crippen molar-refractivity contribution in [2.45, 2.75) is 53.4 Å². The molecule has 3 rings (SSSR count). The van der Waals surface area contributed by atoms with Gasteiger partial charge in [-0.2, -0.15) is 4.98 Å². The maximum atomic E-state index is 12.1. The van der Waals surface area contributed by atoms with E-state index in [0.717, 1.165) is 25.7 Å². The summed E-state index contributed by atoms with van der Waals surface area (Å²) in [4.78, 5) is 28.1. The van der Waals surface area contributed by atoms with Crippen molar-refractivity contribution in [2.24, 2.45) is 5.92 Å². The van der Waals surface area contributed by atoms with E-state index < -0.39 is 6.16 Å². The van der Waals surface area contributed by atoms with E-state index in [1.165, 1.54) is 0 Å². The molecular weight excluding hydrogens is 418 g/mol. The molecule has 0 saturated carbocycles. The van der Waals surface area contributed by atoms with Gasteiger partial charge in [0, 0.05) is 5.56 Å². The van der Waals surface area contributed by atoms with Gasteiger partial charge in [0.15, 0.2) is 0 Å². The first-order valence-electron chi connectivity index (χ1n) is 11.4. The molecule has 1 unspecified atom stereocenters. The molecule has 1 aromatic heterocycles. The zero-order chi connectivity index (χ0) is 24.1. The van der Waals surface area contributed by atoms with E-state index in [1.807, 2.05) is 26.0 Å². The zero-order valence-electron chi connectivity index (χ0n) is 19.9. The summed E-state index contributed by atoms with van der Waals surface area (Å²) in [6.45, 7) is 8.59. The maximum Gasteiger partial charge on any atom is 0.513 e. The Bertz CT molecular complexity index is 1080. The summed E-state index contributed by atoms with van der Waals surface area (Å²) in [5.74, 6) is 0.916. The van der Waals surface area contributed by atoms with Crippen LogP contribution in [0.3, 0.4) is 0 Å². The minimum Gasteiger partial charge on any atom is -0.437 e. The Kier molecular flexibility index (Phi) is 10.9. The topological polar surface area (TPSA) is 78.6 Å². The van der Waals surface area contributed by atoms with E-state index in [1.54, 1.807) is 48.5 Å². The van der Waals surface area contributed by atoms with Crippen molar-refractivity contribution in [1.82, 2.24) is 4.98 Å². The molecule has 0 bridgehead atoms. The van der Waals surface area contributed by atoms with Gasteiger partial charge < -0.3 is 13.9 Å². The van der Waals surface area contributed by atoms with Crippen molar-refractivity contribution >= 4 is 17.1 Å². The number of nitrogens with zero attached hydrogens (tertiary/aromatic N) is 1. The van der Waals surface area contributed by atoms with Gasteiger partial charge in [0.1, 0.15) is 11.3 Å². The Morgan fingerprint density at radius 2 is 1.76 bits per heavy atom. The van der Waals surface area contributed by atoms with Crippen LogP contribution in [0, 0.1) is 5.92 Å². The molecule has 0 aliphatic heterocycles. The highest BCUT2D eigenvalue weighted by atomic mass is 16.7. The smallest absolute Gasteiger partial charge is 0.437 e. The van der Waals surface area contributed by atoms with Crippen LogP contribution in [0.2, 0.25) is 0 Å². The monoisotopic (exact) mass is 451 g/mol. The summed E-state index contributed by atoms with van der Waals surface area (Å²) in [6.07, 6.45) is 7.53. The number of hydrogen-bond donors (Lipinski definition) is 0. The van der Waals surface area contributed by atoms with Crippen molar-refractivity contribution in [3.05, 3.63) is 71.0 Å². The van der Waals surface area contributed by atoms with Crippen LogP contribution in [0.25, 0.3) is 22.4 Å². The van der Waals surface area contributed by atoms with E-state index in [2.05, 4.69) is 18.8 Å². The van der Waals surface area contributed by atoms with Crippen molar-refractivity contribution in [3.63, 3.8) is 0 Å². The lowest BCUT2D eigenvalue weighted by Crippen LogP contribution is -2.16. The molecule has 0 fully saturated rings. The molecule has 0 radical (unpaired) electrons. The van der Waals surface area contributed by atoms with E-state index in [0.29, 0.717) is 34.8 Å². The second-order valence-corrected chi connectivity index (χ2v) is 7.59. The first kappa shape index (κ1) is 25.8. The fourth-order valence-corrected chi connectivity index (χ4v) is 3.01. The average molecular weight is 452 g/mol. The minimum absolute atomic E-state index is 0.213. The molecule has 0 N–H and O–H groups in total. The zero-order valence-corrected chi connectivity index (χ0v) is 19.9. The molecule has 6 heteroatoms. The number of unbranched alkanes of at least 4 members (excludes halogenated alkanes) is 1. The molecule has 3 aromatic rings. The molecule has 0 saturated heterocycles. The largest absolute Gasteiger partial charge is 0.513 e. The van der Waals surface area contributed by atoms with Gasteiger partial charge >= 0.3 is 6.16 Å². The highest BCUT2D eigenvalue weighted by Gasteiger charge is 2.13. The minimum atomic E-state index is -0.719. The summed E-state index contributed by atoms with van der Waals surface area (Å²) in [6, 6.07) is 13.5. The molecule has 6 nitrogen and oxygen atoms in total. The van der Waals surface area contributed by atoms with Crippen LogP contribution in [0.5, 0.6) is 5.75 Å². The molecule has 0 amide bonds. The van der Waals surface area contributed by atoms with Crippen LogP contribution in [0.1, 0.15) is 53.4 Å². The van der Waals surface area contributed by atoms with Gasteiger partial charge in [-0.3, -0.25) is 4.79 Å². The summed E-state index contributed by atoms with van der Waals surface area (Å²) in [5, 5.41) is 0.434. The van der Waals surface area contributed by atoms with Crippen LogP contribution in [0.15, 0.2) is 69.9 Å². The molecular formula is C27H33NO5. The van der Waals surface area contributed by atoms with Crippen LogP contribution in [-0.2, 0) is 4.74 Å². The van der Waals surface area contributed by atoms with Crippen LogP contribution in [0.4, 0.5) is 4.79 Å². The lowest BCUT2D eigenvalue weighted by Gasteiger charge is -2.14. The number of carbonyl (C=O) groups excluding carboxylic acids is 1. The Labute approximate surface area is 195 Å². The van der Waals surface area contributed by atoms with Gasteiger partial charge in [0.05, 0.1) is 12.0 Å². The number of rotatable bonds is 8. The summed E-state index contributed by atoms with van der Waals surface area (Å²) >= 11 is 0. The molecule has 33 heavy (non-hydrogen) atoms. The van der Waals surface area contributed by atoms with Crippen molar-refractivity contribution < 1.29 is 18.7 Å². The number of para-hydroxylation sites is 1. The third kappa shape index (κ3) is 8.22.